The van der Waals surface area contributed by atoms with Crippen molar-refractivity contribution in [2.75, 3.05) is 11.4 Å². The highest BCUT2D eigenvalue weighted by molar-refractivity contribution is 7.17. The first-order chi connectivity index (χ1) is 12.1. The third-order valence-corrected chi connectivity index (χ3v) is 5.70. The second-order valence-corrected chi connectivity index (χ2v) is 7.05. The van der Waals surface area contributed by atoms with Crippen LogP contribution in [0.4, 0.5) is 10.1 Å². The molecule has 0 aliphatic carbocycles. The zero-order valence-corrected chi connectivity index (χ0v) is 14.2. The van der Waals surface area contributed by atoms with E-state index in [1.54, 1.807) is 0 Å². The van der Waals surface area contributed by atoms with Crippen molar-refractivity contribution in [3.05, 3.63) is 76.4 Å². The Balaban J connectivity index is 1.80. The number of carboxylic acid groups (broad SMARTS) is 1. The Hall–Kier alpha value is -2.66. The first-order valence-corrected chi connectivity index (χ1v) is 8.89. The lowest BCUT2D eigenvalue weighted by Gasteiger charge is -2.25. The number of carbonyl (C=O) groups is 1. The van der Waals surface area contributed by atoms with E-state index >= 15 is 0 Å². The Labute approximate surface area is 149 Å². The van der Waals surface area contributed by atoms with Gasteiger partial charge in [0.15, 0.2) is 5.82 Å². The molecule has 0 saturated heterocycles. The van der Waals surface area contributed by atoms with E-state index in [2.05, 4.69) is 17.0 Å². The number of benzene rings is 2. The molecule has 0 spiro atoms. The molecule has 5 heteroatoms. The van der Waals surface area contributed by atoms with Crippen molar-refractivity contribution in [3.63, 3.8) is 0 Å². The average Bonchev–Trinajstić information content (AvgIpc) is 2.87. The fourth-order valence-electron chi connectivity index (χ4n) is 3.30. The van der Waals surface area contributed by atoms with Crippen molar-refractivity contribution in [2.45, 2.75) is 13.0 Å². The van der Waals surface area contributed by atoms with E-state index in [9.17, 15) is 14.3 Å². The third-order valence-electron chi connectivity index (χ3n) is 4.47. The largest absolute Gasteiger partial charge is 0.477 e. The van der Waals surface area contributed by atoms with Crippen molar-refractivity contribution < 1.29 is 14.3 Å². The number of hydrogen-bond donors (Lipinski definition) is 1. The van der Waals surface area contributed by atoms with Crippen LogP contribution in [-0.4, -0.2) is 17.6 Å². The topological polar surface area (TPSA) is 40.5 Å². The maximum absolute atomic E-state index is 14.6. The maximum Gasteiger partial charge on any atom is 0.348 e. The lowest BCUT2D eigenvalue weighted by atomic mass is 10.1. The number of fused-ring (bicyclic) bond motifs is 3. The minimum absolute atomic E-state index is 0.198. The van der Waals surface area contributed by atoms with Crippen LogP contribution in [0.5, 0.6) is 0 Å². The van der Waals surface area contributed by atoms with Crippen LogP contribution in [0.25, 0.3) is 10.4 Å². The number of hydrogen-bond acceptors (Lipinski definition) is 3. The standard InChI is InChI=1S/C20H16FNO2S/c21-17-15-10-11-22(12-13-6-2-1-3-7-13)16-9-5-4-8-14(16)18(15)25-19(17)20(23)24/h1-9H,10-12H2,(H,23,24). The van der Waals surface area contributed by atoms with Crippen LogP contribution in [0.15, 0.2) is 54.6 Å². The summed E-state index contributed by atoms with van der Waals surface area (Å²) in [5.41, 5.74) is 3.63. The van der Waals surface area contributed by atoms with E-state index in [4.69, 9.17) is 0 Å². The van der Waals surface area contributed by atoms with Gasteiger partial charge in [-0.1, -0.05) is 48.5 Å². The Bertz CT molecular complexity index is 936. The molecule has 0 saturated carbocycles. The van der Waals surface area contributed by atoms with Gasteiger partial charge in [-0.3, -0.25) is 0 Å². The van der Waals surface area contributed by atoms with Gasteiger partial charge >= 0.3 is 5.97 Å². The summed E-state index contributed by atoms with van der Waals surface area (Å²) < 4.78 is 14.6. The van der Waals surface area contributed by atoms with Crippen LogP contribution in [0.3, 0.4) is 0 Å². The van der Waals surface area contributed by atoms with Gasteiger partial charge in [0.05, 0.1) is 0 Å². The number of halogens is 1. The first-order valence-electron chi connectivity index (χ1n) is 8.08. The summed E-state index contributed by atoms with van der Waals surface area (Å²) in [6.45, 7) is 1.38. The Morgan fingerprint density at radius 2 is 1.84 bits per heavy atom. The van der Waals surface area contributed by atoms with Crippen molar-refractivity contribution >= 4 is 23.0 Å². The second kappa shape index (κ2) is 6.33. The molecule has 0 radical (unpaired) electrons. The molecular weight excluding hydrogens is 337 g/mol. The zero-order chi connectivity index (χ0) is 17.4. The number of nitrogens with zero attached hydrogens (tertiary/aromatic N) is 1. The van der Waals surface area contributed by atoms with Gasteiger partial charge in [-0.25, -0.2) is 9.18 Å². The summed E-state index contributed by atoms with van der Waals surface area (Å²) >= 11 is 1.03. The maximum atomic E-state index is 14.6. The molecule has 1 aromatic heterocycles. The molecule has 0 amide bonds. The van der Waals surface area contributed by atoms with Gasteiger partial charge in [-0.15, -0.1) is 11.3 Å². The quantitative estimate of drug-likeness (QED) is 0.734. The zero-order valence-electron chi connectivity index (χ0n) is 13.4. The van der Waals surface area contributed by atoms with Gasteiger partial charge in [0.2, 0.25) is 0 Å². The molecule has 1 aliphatic heterocycles. The Morgan fingerprint density at radius 3 is 2.60 bits per heavy atom. The molecular formula is C20H16FNO2S. The van der Waals surface area contributed by atoms with Gasteiger partial charge in [-0.05, 0) is 18.1 Å². The lowest BCUT2D eigenvalue weighted by Crippen LogP contribution is -2.24. The molecule has 0 atom stereocenters. The lowest BCUT2D eigenvalue weighted by molar-refractivity contribution is 0.0697. The fraction of sp³-hybridized carbons (Fsp3) is 0.150. The van der Waals surface area contributed by atoms with Gasteiger partial charge in [-0.2, -0.15) is 0 Å². The minimum Gasteiger partial charge on any atom is -0.477 e. The normalized spacial score (nSPS) is 13.1. The Kier molecular flexibility index (Phi) is 4.01. The highest BCUT2D eigenvalue weighted by atomic mass is 32.1. The molecule has 126 valence electrons. The molecule has 4 rings (SSSR count). The van der Waals surface area contributed by atoms with Crippen LogP contribution in [0.1, 0.15) is 20.8 Å². The smallest absolute Gasteiger partial charge is 0.348 e. The molecule has 2 aromatic carbocycles. The van der Waals surface area contributed by atoms with E-state index in [1.165, 1.54) is 5.56 Å². The predicted molar refractivity (Wildman–Crippen MR) is 97.9 cm³/mol. The molecule has 3 aromatic rings. The van der Waals surface area contributed by atoms with Crippen molar-refractivity contribution in [2.24, 2.45) is 0 Å². The summed E-state index contributed by atoms with van der Waals surface area (Å²) in [5.74, 6) is -1.78. The van der Waals surface area contributed by atoms with Crippen molar-refractivity contribution in [1.29, 1.82) is 0 Å². The summed E-state index contributed by atoms with van der Waals surface area (Å²) in [4.78, 5) is 14.1. The molecule has 0 bridgehead atoms. The van der Waals surface area contributed by atoms with Crippen LogP contribution in [0.2, 0.25) is 0 Å². The van der Waals surface area contributed by atoms with Crippen LogP contribution >= 0.6 is 11.3 Å². The SMILES string of the molecule is O=C(O)c1sc2c(c1F)CCN(Cc1ccccc1)c1ccccc1-2. The van der Waals surface area contributed by atoms with Crippen molar-refractivity contribution in [1.82, 2.24) is 0 Å². The van der Waals surface area contributed by atoms with E-state index in [0.29, 0.717) is 18.5 Å². The van der Waals surface area contributed by atoms with E-state index in [-0.39, 0.29) is 4.88 Å². The number of rotatable bonds is 3. The predicted octanol–water partition coefficient (Wildman–Crippen LogP) is 4.82. The molecule has 25 heavy (non-hydrogen) atoms. The van der Waals surface area contributed by atoms with Crippen LogP contribution < -0.4 is 4.90 Å². The number of para-hydroxylation sites is 1. The molecule has 2 heterocycles. The van der Waals surface area contributed by atoms with Gasteiger partial charge in [0, 0.05) is 34.8 Å². The molecule has 0 unspecified atom stereocenters. The molecule has 3 nitrogen and oxygen atoms in total. The first kappa shape index (κ1) is 15.8. The molecule has 1 aliphatic rings. The van der Waals surface area contributed by atoms with Gasteiger partial charge in [0.1, 0.15) is 4.88 Å². The highest BCUT2D eigenvalue weighted by Gasteiger charge is 2.28. The monoisotopic (exact) mass is 353 g/mol. The average molecular weight is 353 g/mol. The van der Waals surface area contributed by atoms with Gasteiger partial charge in [0.25, 0.3) is 0 Å². The summed E-state index contributed by atoms with van der Waals surface area (Å²) in [6, 6.07) is 18.0. The summed E-state index contributed by atoms with van der Waals surface area (Å²) in [7, 11) is 0. The fourth-order valence-corrected chi connectivity index (χ4v) is 4.40. The molecule has 0 fully saturated rings. The van der Waals surface area contributed by atoms with Crippen LogP contribution in [-0.2, 0) is 13.0 Å². The second-order valence-electron chi connectivity index (χ2n) is 6.03. The van der Waals surface area contributed by atoms with E-state index < -0.39 is 11.8 Å². The number of anilines is 1. The van der Waals surface area contributed by atoms with Crippen LogP contribution in [0, 0.1) is 5.82 Å². The summed E-state index contributed by atoms with van der Waals surface area (Å²) in [5, 5.41) is 9.24. The Morgan fingerprint density at radius 1 is 1.12 bits per heavy atom. The molecule has 1 N–H and O–H groups in total. The minimum atomic E-state index is -1.20. The summed E-state index contributed by atoms with van der Waals surface area (Å²) in [6.07, 6.45) is 0.493. The van der Waals surface area contributed by atoms with E-state index in [0.717, 1.165) is 34.0 Å². The number of aromatic carboxylic acids is 1. The van der Waals surface area contributed by atoms with Crippen molar-refractivity contribution in [3.8, 4) is 10.4 Å². The van der Waals surface area contributed by atoms with Gasteiger partial charge < -0.3 is 10.0 Å². The van der Waals surface area contributed by atoms with E-state index in [1.807, 2.05) is 42.5 Å². The third kappa shape index (κ3) is 2.81. The number of carboxylic acids is 1. The number of thiophene rings is 1. The highest BCUT2D eigenvalue weighted by Crippen LogP contribution is 2.43.